The van der Waals surface area contributed by atoms with Crippen LogP contribution in [0.15, 0.2) is 47.5 Å². The largest absolute Gasteiger partial charge is 0.508 e. The summed E-state index contributed by atoms with van der Waals surface area (Å²) in [5, 5.41) is 16.5. The first-order valence-corrected chi connectivity index (χ1v) is 9.21. The molecule has 0 radical (unpaired) electrons. The number of hydrogen-bond acceptors (Lipinski definition) is 3. The van der Waals surface area contributed by atoms with E-state index in [0.717, 1.165) is 18.4 Å². The number of nitrogens with one attached hydrogen (secondary N) is 2. The van der Waals surface area contributed by atoms with E-state index in [4.69, 9.17) is 4.74 Å². The lowest BCUT2D eigenvalue weighted by atomic mass is 9.95. The van der Waals surface area contributed by atoms with Crippen molar-refractivity contribution in [2.24, 2.45) is 4.99 Å². The van der Waals surface area contributed by atoms with Gasteiger partial charge in [0.2, 0.25) is 0 Å². The molecule has 3 rings (SSSR count). The van der Waals surface area contributed by atoms with Gasteiger partial charge in [-0.15, -0.1) is 24.0 Å². The number of benzene rings is 2. The number of guanidine groups is 1. The van der Waals surface area contributed by atoms with Crippen molar-refractivity contribution < 1.29 is 14.2 Å². The van der Waals surface area contributed by atoms with Gasteiger partial charge in [0.25, 0.3) is 0 Å². The maximum Gasteiger partial charge on any atom is 0.191 e. The molecule has 3 N–H and O–H groups in total. The Hall–Kier alpha value is -2.03. The number of phenols is 1. The SMILES string of the molecule is CCNC(=NCc1cc(OC)ccc1O)NCC1(c2ccccc2F)CC1.I. The molecule has 2 aromatic rings. The van der Waals surface area contributed by atoms with Gasteiger partial charge < -0.3 is 20.5 Å². The molecule has 0 aromatic heterocycles. The Labute approximate surface area is 182 Å². The Bertz CT molecular complexity index is 825. The van der Waals surface area contributed by atoms with E-state index in [0.29, 0.717) is 36.9 Å². The van der Waals surface area contributed by atoms with Crippen LogP contribution in [0.1, 0.15) is 30.9 Å². The molecule has 0 aliphatic heterocycles. The summed E-state index contributed by atoms with van der Waals surface area (Å²) in [5.41, 5.74) is 1.28. The quantitative estimate of drug-likeness (QED) is 0.307. The molecule has 7 heteroatoms. The van der Waals surface area contributed by atoms with Gasteiger partial charge in [0.15, 0.2) is 5.96 Å². The third kappa shape index (κ3) is 5.27. The number of rotatable bonds is 7. The molecule has 0 bridgehead atoms. The first kappa shape index (κ1) is 22.3. The summed E-state index contributed by atoms with van der Waals surface area (Å²) in [6, 6.07) is 12.0. The Morgan fingerprint density at radius 2 is 1.96 bits per heavy atom. The Balaban J connectivity index is 0.00000280. The minimum atomic E-state index is -0.167. The summed E-state index contributed by atoms with van der Waals surface area (Å²) < 4.78 is 19.4. The maximum atomic E-state index is 14.2. The predicted molar refractivity (Wildman–Crippen MR) is 120 cm³/mol. The molecule has 1 aliphatic carbocycles. The number of phenolic OH excluding ortho intramolecular Hbond substituents is 1. The zero-order valence-electron chi connectivity index (χ0n) is 16.2. The molecule has 0 atom stereocenters. The molecular formula is C21H27FIN3O2. The topological polar surface area (TPSA) is 65.9 Å². The van der Waals surface area contributed by atoms with Gasteiger partial charge in [-0.1, -0.05) is 18.2 Å². The van der Waals surface area contributed by atoms with Crippen LogP contribution >= 0.6 is 24.0 Å². The zero-order valence-corrected chi connectivity index (χ0v) is 18.5. The van der Waals surface area contributed by atoms with E-state index in [1.54, 1.807) is 31.4 Å². The van der Waals surface area contributed by atoms with Crippen molar-refractivity contribution in [3.63, 3.8) is 0 Å². The average Bonchev–Trinajstić information content (AvgIpc) is 3.46. The van der Waals surface area contributed by atoms with E-state index in [-0.39, 0.29) is 41.0 Å². The molecule has 0 unspecified atom stereocenters. The first-order chi connectivity index (χ1) is 13.1. The molecule has 0 amide bonds. The molecule has 0 saturated heterocycles. The van der Waals surface area contributed by atoms with Gasteiger partial charge in [0.1, 0.15) is 17.3 Å². The lowest BCUT2D eigenvalue weighted by molar-refractivity contribution is 0.411. The second kappa shape index (κ2) is 9.95. The molecule has 152 valence electrons. The van der Waals surface area contributed by atoms with Crippen molar-refractivity contribution in [2.75, 3.05) is 20.2 Å². The molecule has 2 aromatic carbocycles. The fraction of sp³-hybridized carbons (Fsp3) is 0.381. The zero-order chi connectivity index (χ0) is 19.3. The van der Waals surface area contributed by atoms with Crippen LogP contribution in [0, 0.1) is 5.82 Å². The predicted octanol–water partition coefficient (Wildman–Crippen LogP) is 3.94. The van der Waals surface area contributed by atoms with Crippen LogP contribution in [0.25, 0.3) is 0 Å². The van der Waals surface area contributed by atoms with Crippen LogP contribution in [0.3, 0.4) is 0 Å². The summed E-state index contributed by atoms with van der Waals surface area (Å²) >= 11 is 0. The summed E-state index contributed by atoms with van der Waals surface area (Å²) in [6.07, 6.45) is 1.91. The van der Waals surface area contributed by atoms with Crippen LogP contribution in [0.5, 0.6) is 11.5 Å². The summed E-state index contributed by atoms with van der Waals surface area (Å²) in [7, 11) is 1.59. The number of ether oxygens (including phenoxy) is 1. The second-order valence-electron chi connectivity index (χ2n) is 6.80. The van der Waals surface area contributed by atoms with Crippen LogP contribution < -0.4 is 15.4 Å². The van der Waals surface area contributed by atoms with E-state index in [2.05, 4.69) is 15.6 Å². The van der Waals surface area contributed by atoms with Crippen LogP contribution in [0.4, 0.5) is 4.39 Å². The minimum absolute atomic E-state index is 0. The van der Waals surface area contributed by atoms with Crippen molar-refractivity contribution in [1.82, 2.24) is 10.6 Å². The van der Waals surface area contributed by atoms with Gasteiger partial charge in [0.05, 0.1) is 13.7 Å². The van der Waals surface area contributed by atoms with Gasteiger partial charge in [-0.05, 0) is 49.6 Å². The number of halogens is 2. The highest BCUT2D eigenvalue weighted by Crippen LogP contribution is 2.48. The van der Waals surface area contributed by atoms with Gasteiger partial charge >= 0.3 is 0 Å². The van der Waals surface area contributed by atoms with Crippen molar-refractivity contribution in [1.29, 1.82) is 0 Å². The third-order valence-corrected chi connectivity index (χ3v) is 4.93. The van der Waals surface area contributed by atoms with Gasteiger partial charge in [-0.3, -0.25) is 0 Å². The van der Waals surface area contributed by atoms with Gasteiger partial charge in [0, 0.05) is 24.1 Å². The normalized spacial score (nSPS) is 14.8. The molecular weight excluding hydrogens is 472 g/mol. The van der Waals surface area contributed by atoms with Crippen molar-refractivity contribution in [3.8, 4) is 11.5 Å². The highest BCUT2D eigenvalue weighted by molar-refractivity contribution is 14.0. The summed E-state index contributed by atoms with van der Waals surface area (Å²) in [5.74, 6) is 1.34. The lowest BCUT2D eigenvalue weighted by Gasteiger charge is -2.19. The van der Waals surface area contributed by atoms with Crippen LogP contribution in [0.2, 0.25) is 0 Å². The Kier molecular flexibility index (Phi) is 7.91. The Morgan fingerprint density at radius 1 is 1.21 bits per heavy atom. The monoisotopic (exact) mass is 499 g/mol. The van der Waals surface area contributed by atoms with E-state index in [9.17, 15) is 9.50 Å². The molecule has 1 fully saturated rings. The standard InChI is InChI=1S/C21H26FN3O2.HI/c1-3-23-20(24-13-15-12-16(27-2)8-9-19(15)26)25-14-21(10-11-21)17-6-4-5-7-18(17)22;/h4-9,12,26H,3,10-11,13-14H2,1-2H3,(H2,23,24,25);1H. The van der Waals surface area contributed by atoms with E-state index < -0.39 is 0 Å². The lowest BCUT2D eigenvalue weighted by Crippen LogP contribution is -2.41. The minimum Gasteiger partial charge on any atom is -0.508 e. The summed E-state index contributed by atoms with van der Waals surface area (Å²) in [4.78, 5) is 4.55. The number of aliphatic imine (C=N–C) groups is 1. The van der Waals surface area contributed by atoms with Crippen molar-refractivity contribution >= 4 is 29.9 Å². The maximum absolute atomic E-state index is 14.2. The summed E-state index contributed by atoms with van der Waals surface area (Å²) in [6.45, 7) is 3.63. The molecule has 5 nitrogen and oxygen atoms in total. The number of nitrogens with zero attached hydrogens (tertiary/aromatic N) is 1. The van der Waals surface area contributed by atoms with E-state index in [1.165, 1.54) is 6.07 Å². The smallest absolute Gasteiger partial charge is 0.191 e. The van der Waals surface area contributed by atoms with Crippen LogP contribution in [-0.2, 0) is 12.0 Å². The first-order valence-electron chi connectivity index (χ1n) is 9.21. The van der Waals surface area contributed by atoms with Crippen LogP contribution in [-0.4, -0.2) is 31.3 Å². The molecule has 1 aliphatic rings. The van der Waals surface area contributed by atoms with Gasteiger partial charge in [-0.25, -0.2) is 9.38 Å². The number of methoxy groups -OCH3 is 1. The fourth-order valence-electron chi connectivity index (χ4n) is 3.16. The average molecular weight is 499 g/mol. The number of aromatic hydroxyl groups is 1. The highest BCUT2D eigenvalue weighted by atomic mass is 127. The molecule has 0 heterocycles. The Morgan fingerprint density at radius 3 is 2.61 bits per heavy atom. The molecule has 0 spiro atoms. The number of hydrogen-bond donors (Lipinski definition) is 3. The van der Waals surface area contributed by atoms with E-state index >= 15 is 0 Å². The second-order valence-corrected chi connectivity index (χ2v) is 6.80. The van der Waals surface area contributed by atoms with Gasteiger partial charge in [-0.2, -0.15) is 0 Å². The van der Waals surface area contributed by atoms with Crippen molar-refractivity contribution in [3.05, 3.63) is 59.4 Å². The molecule has 28 heavy (non-hydrogen) atoms. The van der Waals surface area contributed by atoms with Crippen molar-refractivity contribution in [2.45, 2.75) is 31.7 Å². The fourth-order valence-corrected chi connectivity index (χ4v) is 3.16. The third-order valence-electron chi connectivity index (χ3n) is 4.93. The molecule has 1 saturated carbocycles. The van der Waals surface area contributed by atoms with E-state index in [1.807, 2.05) is 19.1 Å². The highest BCUT2D eigenvalue weighted by Gasteiger charge is 2.45.